The minimum absolute atomic E-state index is 0.0988. The van der Waals surface area contributed by atoms with Gasteiger partial charge in [-0.3, -0.25) is 9.69 Å². The molecule has 0 unspecified atom stereocenters. The molecule has 1 atom stereocenters. The molecule has 2 aromatic rings. The maximum Gasteiger partial charge on any atom is 0.276 e. The Labute approximate surface area is 152 Å². The fraction of sp³-hybridized carbons (Fsp3) is 0.278. The highest BCUT2D eigenvalue weighted by atomic mass is 32.1. The van der Waals surface area contributed by atoms with Crippen molar-refractivity contribution < 1.29 is 9.53 Å². The number of rotatable bonds is 6. The molecule has 1 saturated heterocycles. The predicted molar refractivity (Wildman–Crippen MR) is 99.8 cm³/mol. The number of nitrogens with zero attached hydrogens (tertiary/aromatic N) is 3. The van der Waals surface area contributed by atoms with Gasteiger partial charge in [0.15, 0.2) is 5.11 Å². The molecule has 0 radical (unpaired) electrons. The molecule has 0 aliphatic carbocycles. The number of imidazole rings is 1. The van der Waals surface area contributed by atoms with Crippen molar-refractivity contribution in [2.45, 2.75) is 13.5 Å². The van der Waals surface area contributed by atoms with Crippen LogP contribution >= 0.6 is 12.2 Å². The molecule has 0 bridgehead atoms. The molecule has 1 aliphatic heterocycles. The zero-order chi connectivity index (χ0) is 17.8. The largest absolute Gasteiger partial charge is 0.497 e. The lowest BCUT2D eigenvalue weighted by molar-refractivity contribution is -0.122. The Hall–Kier alpha value is -2.67. The van der Waals surface area contributed by atoms with Gasteiger partial charge in [0.25, 0.3) is 5.91 Å². The van der Waals surface area contributed by atoms with Gasteiger partial charge < -0.3 is 14.6 Å². The van der Waals surface area contributed by atoms with Crippen LogP contribution in [-0.4, -0.2) is 39.1 Å². The van der Waals surface area contributed by atoms with Crippen LogP contribution in [0.4, 0.5) is 0 Å². The number of benzene rings is 1. The lowest BCUT2D eigenvalue weighted by Crippen LogP contribution is -2.35. The first-order valence-corrected chi connectivity index (χ1v) is 8.42. The summed E-state index contributed by atoms with van der Waals surface area (Å²) >= 11 is 5.33. The summed E-state index contributed by atoms with van der Waals surface area (Å²) in [6.07, 6.45) is 7.23. The van der Waals surface area contributed by atoms with Crippen LogP contribution in [0.3, 0.4) is 0 Å². The quantitative estimate of drug-likeness (QED) is 0.636. The zero-order valence-corrected chi connectivity index (χ0v) is 15.0. The highest BCUT2D eigenvalue weighted by Crippen LogP contribution is 2.18. The molecule has 1 aromatic carbocycles. The number of hydrogen-bond donors (Lipinski definition) is 1. The fourth-order valence-electron chi connectivity index (χ4n) is 2.73. The van der Waals surface area contributed by atoms with Crippen molar-refractivity contribution in [3.63, 3.8) is 0 Å². The molecule has 1 aliphatic rings. The third-order valence-corrected chi connectivity index (χ3v) is 4.29. The van der Waals surface area contributed by atoms with Gasteiger partial charge in [0.05, 0.1) is 13.4 Å². The van der Waals surface area contributed by atoms with Gasteiger partial charge in [-0.05, 0) is 41.9 Å². The number of carbonyl (C=O) groups excluding carboxylic acids is 1. The van der Waals surface area contributed by atoms with Gasteiger partial charge in [0.1, 0.15) is 11.4 Å². The molecule has 1 fully saturated rings. The lowest BCUT2D eigenvalue weighted by Gasteiger charge is -2.19. The van der Waals surface area contributed by atoms with Gasteiger partial charge in [0, 0.05) is 25.5 Å². The maximum absolute atomic E-state index is 12.6. The van der Waals surface area contributed by atoms with E-state index in [2.05, 4.69) is 17.2 Å². The van der Waals surface area contributed by atoms with Gasteiger partial charge in [0.2, 0.25) is 0 Å². The Morgan fingerprint density at radius 2 is 2.08 bits per heavy atom. The monoisotopic (exact) mass is 356 g/mol. The van der Waals surface area contributed by atoms with Crippen molar-refractivity contribution in [3.8, 4) is 5.75 Å². The van der Waals surface area contributed by atoms with Crippen LogP contribution in [0.5, 0.6) is 5.75 Å². The molecule has 0 spiro atoms. The molecule has 2 heterocycles. The average molecular weight is 356 g/mol. The van der Waals surface area contributed by atoms with Crippen LogP contribution in [0.25, 0.3) is 6.08 Å². The van der Waals surface area contributed by atoms with E-state index in [0.29, 0.717) is 17.4 Å². The first-order chi connectivity index (χ1) is 12.1. The SMILES string of the molecule is COc1ccc(/C=C2\NC(=S)N(C[C@H](C)Cn3ccnc3)C2=O)cc1. The van der Waals surface area contributed by atoms with Gasteiger partial charge in [-0.15, -0.1) is 0 Å². The Morgan fingerprint density at radius 1 is 1.32 bits per heavy atom. The second-order valence-electron chi connectivity index (χ2n) is 6.04. The molecule has 25 heavy (non-hydrogen) atoms. The van der Waals surface area contributed by atoms with Crippen LogP contribution in [0.1, 0.15) is 12.5 Å². The molecule has 1 N–H and O–H groups in total. The van der Waals surface area contributed by atoms with Crippen molar-refractivity contribution in [2.24, 2.45) is 5.92 Å². The van der Waals surface area contributed by atoms with Crippen molar-refractivity contribution in [2.75, 3.05) is 13.7 Å². The van der Waals surface area contributed by atoms with Crippen LogP contribution in [0.2, 0.25) is 0 Å². The van der Waals surface area contributed by atoms with Crippen molar-refractivity contribution in [3.05, 3.63) is 54.2 Å². The third-order valence-electron chi connectivity index (χ3n) is 3.97. The van der Waals surface area contributed by atoms with E-state index in [1.54, 1.807) is 30.6 Å². The molecular formula is C18H20N4O2S. The zero-order valence-electron chi connectivity index (χ0n) is 14.2. The van der Waals surface area contributed by atoms with E-state index in [-0.39, 0.29) is 11.8 Å². The Morgan fingerprint density at radius 3 is 2.72 bits per heavy atom. The fourth-order valence-corrected chi connectivity index (χ4v) is 3.00. The number of amides is 1. The number of ether oxygens (including phenoxy) is 1. The van der Waals surface area contributed by atoms with E-state index in [4.69, 9.17) is 17.0 Å². The van der Waals surface area contributed by atoms with Crippen molar-refractivity contribution in [1.82, 2.24) is 19.8 Å². The van der Waals surface area contributed by atoms with Gasteiger partial charge in [-0.25, -0.2) is 4.98 Å². The van der Waals surface area contributed by atoms with E-state index >= 15 is 0 Å². The summed E-state index contributed by atoms with van der Waals surface area (Å²) in [5.41, 5.74) is 1.40. The summed E-state index contributed by atoms with van der Waals surface area (Å²) < 4.78 is 7.14. The van der Waals surface area contributed by atoms with Crippen LogP contribution in [0, 0.1) is 5.92 Å². The number of carbonyl (C=O) groups is 1. The third kappa shape index (κ3) is 4.06. The number of aromatic nitrogens is 2. The smallest absolute Gasteiger partial charge is 0.276 e. The highest BCUT2D eigenvalue weighted by molar-refractivity contribution is 7.80. The summed E-state index contributed by atoms with van der Waals surface area (Å²) in [5.74, 6) is 0.926. The molecule has 0 saturated carbocycles. The maximum atomic E-state index is 12.6. The number of methoxy groups -OCH3 is 1. The molecule has 6 nitrogen and oxygen atoms in total. The summed E-state index contributed by atoms with van der Waals surface area (Å²) in [6.45, 7) is 3.42. The predicted octanol–water partition coefficient (Wildman–Crippen LogP) is 2.29. The Kier molecular flexibility index (Phi) is 5.14. The van der Waals surface area contributed by atoms with E-state index in [1.807, 2.05) is 35.0 Å². The molecule has 130 valence electrons. The minimum atomic E-state index is -0.0988. The highest BCUT2D eigenvalue weighted by Gasteiger charge is 2.31. The van der Waals surface area contributed by atoms with E-state index in [9.17, 15) is 4.79 Å². The minimum Gasteiger partial charge on any atom is -0.497 e. The first-order valence-electron chi connectivity index (χ1n) is 8.01. The van der Waals surface area contributed by atoms with E-state index < -0.39 is 0 Å². The molecule has 7 heteroatoms. The Bertz CT molecular complexity index is 784. The van der Waals surface area contributed by atoms with Crippen molar-refractivity contribution >= 4 is 29.3 Å². The lowest BCUT2D eigenvalue weighted by atomic mass is 10.1. The second-order valence-corrected chi connectivity index (χ2v) is 6.43. The molecule has 1 aromatic heterocycles. The summed E-state index contributed by atoms with van der Waals surface area (Å²) in [4.78, 5) is 18.3. The van der Waals surface area contributed by atoms with Gasteiger partial charge in [-0.2, -0.15) is 0 Å². The van der Waals surface area contributed by atoms with Crippen molar-refractivity contribution in [1.29, 1.82) is 0 Å². The summed E-state index contributed by atoms with van der Waals surface area (Å²) in [6, 6.07) is 7.51. The average Bonchev–Trinajstić information content (AvgIpc) is 3.20. The number of nitrogens with one attached hydrogen (secondary N) is 1. The molecule has 1 amide bonds. The van der Waals surface area contributed by atoms with Gasteiger partial charge in [-0.1, -0.05) is 19.1 Å². The van der Waals surface area contributed by atoms with E-state index in [0.717, 1.165) is 17.9 Å². The summed E-state index contributed by atoms with van der Waals surface area (Å²) in [5, 5.41) is 3.46. The summed E-state index contributed by atoms with van der Waals surface area (Å²) in [7, 11) is 1.62. The van der Waals surface area contributed by atoms with Crippen LogP contribution in [0.15, 0.2) is 48.7 Å². The van der Waals surface area contributed by atoms with Gasteiger partial charge >= 0.3 is 0 Å². The number of thiocarbonyl (C=S) groups is 1. The standard InChI is InChI=1S/C18H20N4O2S/c1-13(10-21-8-7-19-12-21)11-22-17(23)16(20-18(22)25)9-14-3-5-15(24-2)6-4-14/h3-9,12-13H,10-11H2,1-2H3,(H,20,25)/b16-9-/t13-/m1/s1. The molecule has 3 rings (SSSR count). The first kappa shape index (κ1) is 17.2. The Balaban J connectivity index is 1.67. The number of hydrogen-bond acceptors (Lipinski definition) is 4. The van der Waals surface area contributed by atoms with Crippen LogP contribution in [-0.2, 0) is 11.3 Å². The normalized spacial score (nSPS) is 17.0. The van der Waals surface area contributed by atoms with E-state index in [1.165, 1.54) is 0 Å². The topological polar surface area (TPSA) is 59.4 Å². The second kappa shape index (κ2) is 7.48. The molecular weight excluding hydrogens is 336 g/mol. The van der Waals surface area contributed by atoms with Crippen LogP contribution < -0.4 is 10.1 Å².